The molecular formula is C13H14N2O2. The molecule has 88 valence electrons. The van der Waals surface area contributed by atoms with Gasteiger partial charge in [0.25, 0.3) is 0 Å². The summed E-state index contributed by atoms with van der Waals surface area (Å²) in [6, 6.07) is 5.34. The summed E-state index contributed by atoms with van der Waals surface area (Å²) in [5.74, 6) is 0.387. The fraction of sp³-hybridized carbons (Fsp3) is 0.308. The van der Waals surface area contributed by atoms with Gasteiger partial charge in [0.15, 0.2) is 17.4 Å². The van der Waals surface area contributed by atoms with E-state index in [4.69, 9.17) is 0 Å². The van der Waals surface area contributed by atoms with E-state index in [-0.39, 0.29) is 11.6 Å². The van der Waals surface area contributed by atoms with Crippen LogP contribution >= 0.6 is 0 Å². The van der Waals surface area contributed by atoms with Gasteiger partial charge in [-0.15, -0.1) is 0 Å². The second kappa shape index (κ2) is 4.13. The molecule has 17 heavy (non-hydrogen) atoms. The van der Waals surface area contributed by atoms with Gasteiger partial charge in [0.05, 0.1) is 11.0 Å². The van der Waals surface area contributed by atoms with Crippen LogP contribution in [0.4, 0.5) is 0 Å². The molecule has 0 aliphatic carbocycles. The van der Waals surface area contributed by atoms with Crippen LogP contribution in [0.2, 0.25) is 0 Å². The van der Waals surface area contributed by atoms with Crippen molar-refractivity contribution in [3.05, 3.63) is 29.6 Å². The Morgan fingerprint density at radius 3 is 2.47 bits per heavy atom. The van der Waals surface area contributed by atoms with Gasteiger partial charge < -0.3 is 4.57 Å². The van der Waals surface area contributed by atoms with Crippen molar-refractivity contribution < 1.29 is 9.59 Å². The van der Waals surface area contributed by atoms with Crippen LogP contribution in [-0.2, 0) is 6.54 Å². The zero-order valence-corrected chi connectivity index (χ0v) is 10.2. The first-order chi connectivity index (χ1) is 8.04. The van der Waals surface area contributed by atoms with E-state index < -0.39 is 0 Å². The molecule has 1 heterocycles. The predicted octanol–water partition coefficient (Wildman–Crippen LogP) is 2.46. The van der Waals surface area contributed by atoms with Crippen LogP contribution in [0, 0.1) is 0 Å². The SMILES string of the molecule is CCn1c(C(C)=O)nc2cc(C(C)=O)ccc21. The van der Waals surface area contributed by atoms with Gasteiger partial charge >= 0.3 is 0 Å². The summed E-state index contributed by atoms with van der Waals surface area (Å²) >= 11 is 0. The van der Waals surface area contributed by atoms with Crippen molar-refractivity contribution in [3.63, 3.8) is 0 Å². The zero-order chi connectivity index (χ0) is 12.6. The van der Waals surface area contributed by atoms with E-state index in [2.05, 4.69) is 4.98 Å². The normalized spacial score (nSPS) is 10.8. The Morgan fingerprint density at radius 2 is 1.94 bits per heavy atom. The van der Waals surface area contributed by atoms with E-state index in [1.807, 2.05) is 17.6 Å². The lowest BCUT2D eigenvalue weighted by atomic mass is 10.1. The van der Waals surface area contributed by atoms with Gasteiger partial charge in [-0.3, -0.25) is 9.59 Å². The molecule has 2 aromatic rings. The van der Waals surface area contributed by atoms with Crippen molar-refractivity contribution in [1.29, 1.82) is 0 Å². The minimum Gasteiger partial charge on any atom is -0.322 e. The summed E-state index contributed by atoms with van der Waals surface area (Å²) in [6.07, 6.45) is 0. The Labute approximate surface area is 99.3 Å². The number of hydrogen-bond acceptors (Lipinski definition) is 3. The lowest BCUT2D eigenvalue weighted by Gasteiger charge is -2.02. The maximum atomic E-state index is 11.5. The van der Waals surface area contributed by atoms with Gasteiger partial charge in [0.2, 0.25) is 0 Å². The summed E-state index contributed by atoms with van der Waals surface area (Å²) in [6.45, 7) is 5.67. The molecule has 1 aromatic carbocycles. The summed E-state index contributed by atoms with van der Waals surface area (Å²) < 4.78 is 1.86. The van der Waals surface area contributed by atoms with Crippen molar-refractivity contribution in [2.45, 2.75) is 27.3 Å². The topological polar surface area (TPSA) is 52.0 Å². The van der Waals surface area contributed by atoms with E-state index >= 15 is 0 Å². The predicted molar refractivity (Wildman–Crippen MR) is 65.4 cm³/mol. The van der Waals surface area contributed by atoms with Gasteiger partial charge in [0, 0.05) is 19.0 Å². The van der Waals surface area contributed by atoms with Crippen molar-refractivity contribution in [2.24, 2.45) is 0 Å². The Bertz CT molecular complexity index is 611. The first kappa shape index (κ1) is 11.5. The minimum atomic E-state index is -0.0626. The van der Waals surface area contributed by atoms with Crippen molar-refractivity contribution in [2.75, 3.05) is 0 Å². The molecule has 0 saturated heterocycles. The van der Waals surface area contributed by atoms with E-state index in [1.165, 1.54) is 13.8 Å². The third-order valence-corrected chi connectivity index (χ3v) is 2.79. The van der Waals surface area contributed by atoms with Gasteiger partial charge in [0.1, 0.15) is 0 Å². The van der Waals surface area contributed by atoms with Gasteiger partial charge in [-0.1, -0.05) is 0 Å². The molecule has 0 radical (unpaired) electrons. The van der Waals surface area contributed by atoms with Crippen LogP contribution in [-0.4, -0.2) is 21.1 Å². The molecule has 0 spiro atoms. The minimum absolute atomic E-state index is 0.00215. The van der Waals surface area contributed by atoms with Crippen LogP contribution in [0.5, 0.6) is 0 Å². The number of carbonyl (C=O) groups excluding carboxylic acids is 2. The highest BCUT2D eigenvalue weighted by atomic mass is 16.1. The molecule has 0 unspecified atom stereocenters. The highest BCUT2D eigenvalue weighted by Gasteiger charge is 2.13. The Balaban J connectivity index is 2.73. The van der Waals surface area contributed by atoms with Crippen LogP contribution < -0.4 is 0 Å². The van der Waals surface area contributed by atoms with Gasteiger partial charge in [-0.2, -0.15) is 0 Å². The highest BCUT2D eigenvalue weighted by Crippen LogP contribution is 2.18. The molecule has 0 fully saturated rings. The molecule has 0 atom stereocenters. The Hall–Kier alpha value is -1.97. The molecule has 0 bridgehead atoms. The molecule has 1 aromatic heterocycles. The third-order valence-electron chi connectivity index (χ3n) is 2.79. The maximum absolute atomic E-state index is 11.5. The van der Waals surface area contributed by atoms with Crippen LogP contribution in [0.3, 0.4) is 0 Å². The standard InChI is InChI=1S/C13H14N2O2/c1-4-15-12-6-5-10(8(2)16)7-11(12)14-13(15)9(3)17/h5-7H,4H2,1-3H3. The number of fused-ring (bicyclic) bond motifs is 1. The maximum Gasteiger partial charge on any atom is 0.195 e. The molecule has 4 heteroatoms. The fourth-order valence-electron chi connectivity index (χ4n) is 1.94. The van der Waals surface area contributed by atoms with Crippen molar-refractivity contribution in [1.82, 2.24) is 9.55 Å². The van der Waals surface area contributed by atoms with E-state index in [9.17, 15) is 9.59 Å². The molecule has 0 N–H and O–H groups in total. The molecule has 4 nitrogen and oxygen atoms in total. The second-order valence-electron chi connectivity index (χ2n) is 4.00. The molecule has 2 rings (SSSR count). The number of Topliss-reactive ketones (excluding diaryl/α,β-unsaturated/α-hetero) is 2. The van der Waals surface area contributed by atoms with E-state index in [1.54, 1.807) is 12.1 Å². The van der Waals surface area contributed by atoms with Gasteiger partial charge in [-0.25, -0.2) is 4.98 Å². The second-order valence-corrected chi connectivity index (χ2v) is 4.00. The number of rotatable bonds is 3. The Kier molecular flexibility index (Phi) is 2.79. The lowest BCUT2D eigenvalue weighted by molar-refractivity contribution is 0.0996. The molecule has 0 saturated carbocycles. The summed E-state index contributed by atoms with van der Waals surface area (Å²) in [5, 5.41) is 0. The molecular weight excluding hydrogens is 216 g/mol. The highest BCUT2D eigenvalue weighted by molar-refractivity contribution is 5.99. The first-order valence-electron chi connectivity index (χ1n) is 5.56. The number of ketones is 2. The quantitative estimate of drug-likeness (QED) is 0.761. The molecule has 0 amide bonds. The van der Waals surface area contributed by atoms with Gasteiger partial charge in [-0.05, 0) is 32.0 Å². The summed E-state index contributed by atoms with van der Waals surface area (Å²) in [7, 11) is 0. The van der Waals surface area contributed by atoms with Crippen LogP contribution in [0.1, 0.15) is 41.7 Å². The number of aryl methyl sites for hydroxylation is 1. The average Bonchev–Trinajstić information content (AvgIpc) is 2.66. The number of imidazole rings is 1. The van der Waals surface area contributed by atoms with Crippen molar-refractivity contribution >= 4 is 22.6 Å². The summed E-state index contributed by atoms with van der Waals surface area (Å²) in [4.78, 5) is 27.0. The number of benzene rings is 1. The van der Waals surface area contributed by atoms with Crippen LogP contribution in [0.25, 0.3) is 11.0 Å². The average molecular weight is 230 g/mol. The Morgan fingerprint density at radius 1 is 1.24 bits per heavy atom. The number of hydrogen-bond donors (Lipinski definition) is 0. The zero-order valence-electron chi connectivity index (χ0n) is 10.2. The number of nitrogens with zero attached hydrogens (tertiary/aromatic N) is 2. The smallest absolute Gasteiger partial charge is 0.195 e. The fourth-order valence-corrected chi connectivity index (χ4v) is 1.94. The number of aromatic nitrogens is 2. The third kappa shape index (κ3) is 1.86. The van der Waals surface area contributed by atoms with Crippen molar-refractivity contribution in [3.8, 4) is 0 Å². The molecule has 0 aliphatic heterocycles. The number of carbonyl (C=O) groups is 2. The lowest BCUT2D eigenvalue weighted by Crippen LogP contribution is -2.05. The van der Waals surface area contributed by atoms with E-state index in [0.717, 1.165) is 5.52 Å². The summed E-state index contributed by atoms with van der Waals surface area (Å²) in [5.41, 5.74) is 2.21. The first-order valence-corrected chi connectivity index (χ1v) is 5.56. The molecule has 0 aliphatic rings. The van der Waals surface area contributed by atoms with Crippen LogP contribution in [0.15, 0.2) is 18.2 Å². The monoisotopic (exact) mass is 230 g/mol. The largest absolute Gasteiger partial charge is 0.322 e. The van der Waals surface area contributed by atoms with E-state index in [0.29, 0.717) is 23.4 Å².